The van der Waals surface area contributed by atoms with E-state index in [2.05, 4.69) is 11.8 Å². The lowest BCUT2D eigenvalue weighted by Gasteiger charge is -2.38. The van der Waals surface area contributed by atoms with E-state index < -0.39 is 5.97 Å². The van der Waals surface area contributed by atoms with Crippen LogP contribution in [0.1, 0.15) is 39.0 Å². The quantitative estimate of drug-likeness (QED) is 0.831. The van der Waals surface area contributed by atoms with E-state index in [1.165, 1.54) is 38.8 Å². The van der Waals surface area contributed by atoms with Crippen molar-refractivity contribution in [2.45, 2.75) is 39.0 Å². The minimum Gasteiger partial charge on any atom is -0.481 e. The predicted molar refractivity (Wildman–Crippen MR) is 74.1 cm³/mol. The van der Waals surface area contributed by atoms with E-state index in [0.29, 0.717) is 18.3 Å². The number of piperidine rings is 1. The molecule has 2 heterocycles. The molecule has 0 aromatic heterocycles. The van der Waals surface area contributed by atoms with Crippen LogP contribution in [0.5, 0.6) is 0 Å². The zero-order chi connectivity index (χ0) is 13.7. The summed E-state index contributed by atoms with van der Waals surface area (Å²) < 4.78 is 5.41. The number of hydrogen-bond acceptors (Lipinski definition) is 3. The number of rotatable bonds is 5. The van der Waals surface area contributed by atoms with Gasteiger partial charge in [0.15, 0.2) is 0 Å². The molecule has 2 aliphatic rings. The number of ether oxygens (including phenoxy) is 1. The molecule has 0 aliphatic carbocycles. The number of likely N-dealkylation sites (tertiary alicyclic amines) is 1. The fraction of sp³-hybridized carbons (Fsp3) is 0.933. The van der Waals surface area contributed by atoms with E-state index in [1.807, 2.05) is 0 Å². The summed E-state index contributed by atoms with van der Waals surface area (Å²) in [6.45, 7) is 7.38. The van der Waals surface area contributed by atoms with Gasteiger partial charge < -0.3 is 14.7 Å². The monoisotopic (exact) mass is 269 g/mol. The lowest BCUT2D eigenvalue weighted by Crippen LogP contribution is -2.41. The lowest BCUT2D eigenvalue weighted by atomic mass is 9.84. The maximum Gasteiger partial charge on any atom is 0.303 e. The lowest BCUT2D eigenvalue weighted by molar-refractivity contribution is -0.138. The average Bonchev–Trinajstić information content (AvgIpc) is 2.39. The molecule has 4 heteroatoms. The highest BCUT2D eigenvalue weighted by Crippen LogP contribution is 2.27. The Balaban J connectivity index is 1.77. The topological polar surface area (TPSA) is 49.8 Å². The number of carbonyl (C=O) groups is 1. The Morgan fingerprint density at radius 2 is 2.11 bits per heavy atom. The Kier molecular flexibility index (Phi) is 5.64. The standard InChI is InChI=1S/C15H27NO3/c1-12(9-15(17)18)14-3-2-6-16(11-14)10-13-4-7-19-8-5-13/h12-14H,2-11H2,1H3,(H,17,18). The van der Waals surface area contributed by atoms with Crippen molar-refractivity contribution in [2.75, 3.05) is 32.8 Å². The summed E-state index contributed by atoms with van der Waals surface area (Å²) in [6, 6.07) is 0. The van der Waals surface area contributed by atoms with Gasteiger partial charge in [-0.1, -0.05) is 6.92 Å². The second kappa shape index (κ2) is 7.25. The maximum atomic E-state index is 10.8. The van der Waals surface area contributed by atoms with Gasteiger partial charge in [-0.05, 0) is 50.0 Å². The third-order valence-corrected chi connectivity index (χ3v) is 4.70. The van der Waals surface area contributed by atoms with Crippen LogP contribution >= 0.6 is 0 Å². The molecule has 110 valence electrons. The number of aliphatic carboxylic acids is 1. The Morgan fingerprint density at radius 1 is 1.37 bits per heavy atom. The molecule has 2 aliphatic heterocycles. The largest absolute Gasteiger partial charge is 0.481 e. The molecular weight excluding hydrogens is 242 g/mol. The van der Waals surface area contributed by atoms with Crippen molar-refractivity contribution in [3.8, 4) is 0 Å². The minimum atomic E-state index is -0.658. The van der Waals surface area contributed by atoms with Gasteiger partial charge in [0, 0.05) is 32.7 Å². The molecule has 2 rings (SSSR count). The van der Waals surface area contributed by atoms with E-state index >= 15 is 0 Å². The van der Waals surface area contributed by atoms with Crippen LogP contribution in [0.25, 0.3) is 0 Å². The Hall–Kier alpha value is -0.610. The summed E-state index contributed by atoms with van der Waals surface area (Å²) >= 11 is 0. The van der Waals surface area contributed by atoms with Gasteiger partial charge in [-0.15, -0.1) is 0 Å². The SMILES string of the molecule is CC(CC(=O)O)C1CCCN(CC2CCOCC2)C1. The highest BCUT2D eigenvalue weighted by molar-refractivity contribution is 5.66. The number of nitrogens with zero attached hydrogens (tertiary/aromatic N) is 1. The highest BCUT2D eigenvalue weighted by Gasteiger charge is 2.27. The van der Waals surface area contributed by atoms with Crippen LogP contribution < -0.4 is 0 Å². The normalized spacial score (nSPS) is 28.2. The number of carboxylic acid groups (broad SMARTS) is 1. The van der Waals surface area contributed by atoms with Crippen LogP contribution in [0.3, 0.4) is 0 Å². The minimum absolute atomic E-state index is 0.301. The van der Waals surface area contributed by atoms with Gasteiger partial charge in [0.2, 0.25) is 0 Å². The molecule has 2 saturated heterocycles. The third-order valence-electron chi connectivity index (χ3n) is 4.70. The van der Waals surface area contributed by atoms with Crippen molar-refractivity contribution in [1.82, 2.24) is 4.90 Å². The Labute approximate surface area is 116 Å². The molecule has 2 fully saturated rings. The summed E-state index contributed by atoms with van der Waals surface area (Å²) in [6.07, 6.45) is 5.10. The average molecular weight is 269 g/mol. The van der Waals surface area contributed by atoms with Gasteiger partial charge in [-0.2, -0.15) is 0 Å². The summed E-state index contributed by atoms with van der Waals surface area (Å²) in [4.78, 5) is 13.4. The zero-order valence-corrected chi connectivity index (χ0v) is 12.0. The zero-order valence-electron chi connectivity index (χ0n) is 12.0. The molecule has 0 aromatic carbocycles. The molecule has 0 bridgehead atoms. The van der Waals surface area contributed by atoms with E-state index in [0.717, 1.165) is 25.7 Å². The first-order chi connectivity index (χ1) is 9.15. The molecule has 0 spiro atoms. The van der Waals surface area contributed by atoms with Gasteiger partial charge in [-0.25, -0.2) is 0 Å². The van der Waals surface area contributed by atoms with Crippen molar-refractivity contribution < 1.29 is 14.6 Å². The van der Waals surface area contributed by atoms with Crippen LogP contribution in [0.2, 0.25) is 0 Å². The van der Waals surface area contributed by atoms with E-state index in [9.17, 15) is 4.79 Å². The number of carboxylic acids is 1. The van der Waals surface area contributed by atoms with Crippen LogP contribution in [0, 0.1) is 17.8 Å². The summed E-state index contributed by atoms with van der Waals surface area (Å²) in [5.41, 5.74) is 0. The van der Waals surface area contributed by atoms with Gasteiger partial charge in [-0.3, -0.25) is 4.79 Å². The second-order valence-corrected chi connectivity index (χ2v) is 6.29. The molecule has 0 radical (unpaired) electrons. The predicted octanol–water partition coefficient (Wildman–Crippen LogP) is 2.24. The van der Waals surface area contributed by atoms with Crippen molar-refractivity contribution in [3.05, 3.63) is 0 Å². The summed E-state index contributed by atoms with van der Waals surface area (Å²) in [7, 11) is 0. The van der Waals surface area contributed by atoms with Crippen molar-refractivity contribution in [2.24, 2.45) is 17.8 Å². The van der Waals surface area contributed by atoms with E-state index in [-0.39, 0.29) is 0 Å². The van der Waals surface area contributed by atoms with Crippen LogP contribution in [-0.4, -0.2) is 48.8 Å². The first-order valence-electron chi connectivity index (χ1n) is 7.67. The third kappa shape index (κ3) is 4.77. The molecule has 0 aromatic rings. The molecule has 19 heavy (non-hydrogen) atoms. The van der Waals surface area contributed by atoms with Crippen LogP contribution in [-0.2, 0) is 9.53 Å². The van der Waals surface area contributed by atoms with Gasteiger partial charge >= 0.3 is 5.97 Å². The van der Waals surface area contributed by atoms with Gasteiger partial charge in [0.1, 0.15) is 0 Å². The Morgan fingerprint density at radius 3 is 2.79 bits per heavy atom. The smallest absolute Gasteiger partial charge is 0.303 e. The molecule has 0 amide bonds. The molecule has 4 nitrogen and oxygen atoms in total. The van der Waals surface area contributed by atoms with Crippen LogP contribution in [0.4, 0.5) is 0 Å². The molecule has 0 saturated carbocycles. The molecule has 2 unspecified atom stereocenters. The maximum absolute atomic E-state index is 10.8. The van der Waals surface area contributed by atoms with E-state index in [1.54, 1.807) is 0 Å². The van der Waals surface area contributed by atoms with E-state index in [4.69, 9.17) is 9.84 Å². The summed E-state index contributed by atoms with van der Waals surface area (Å²) in [5, 5.41) is 8.91. The molecule has 1 N–H and O–H groups in total. The first kappa shape index (κ1) is 14.8. The summed E-state index contributed by atoms with van der Waals surface area (Å²) in [5.74, 6) is 0.982. The number of hydrogen-bond donors (Lipinski definition) is 1. The second-order valence-electron chi connectivity index (χ2n) is 6.29. The Bertz CT molecular complexity index is 289. The van der Waals surface area contributed by atoms with Crippen LogP contribution in [0.15, 0.2) is 0 Å². The van der Waals surface area contributed by atoms with Crippen molar-refractivity contribution in [3.63, 3.8) is 0 Å². The van der Waals surface area contributed by atoms with Crippen molar-refractivity contribution in [1.29, 1.82) is 0 Å². The molecular formula is C15H27NO3. The molecule has 2 atom stereocenters. The fourth-order valence-corrected chi connectivity index (χ4v) is 3.46. The highest BCUT2D eigenvalue weighted by atomic mass is 16.5. The van der Waals surface area contributed by atoms with Gasteiger partial charge in [0.05, 0.1) is 0 Å². The van der Waals surface area contributed by atoms with Gasteiger partial charge in [0.25, 0.3) is 0 Å². The van der Waals surface area contributed by atoms with Crippen molar-refractivity contribution >= 4 is 5.97 Å². The first-order valence-corrected chi connectivity index (χ1v) is 7.67. The fourth-order valence-electron chi connectivity index (χ4n) is 3.46.